The zero-order chi connectivity index (χ0) is 51.7. The maximum atomic E-state index is 13.2. The normalized spacial score (nSPS) is 26.2. The highest BCUT2D eigenvalue weighted by Gasteiger charge is 2.51. The third kappa shape index (κ3) is 29.4. The molecule has 2 rings (SSSR count). The Morgan fingerprint density at radius 2 is 0.972 bits per heavy atom. The molecule has 0 radical (unpaired) electrons. The van der Waals surface area contributed by atoms with E-state index in [2.05, 4.69) is 79.9 Å². The van der Waals surface area contributed by atoms with Crippen LogP contribution in [-0.4, -0.2) is 140 Å². The molecule has 0 aromatic carbocycles. The van der Waals surface area contributed by atoms with Crippen molar-refractivity contribution in [2.24, 2.45) is 0 Å². The molecular weight excluding hydrogens is 907 g/mol. The van der Waals surface area contributed by atoms with Crippen molar-refractivity contribution < 1.29 is 64.6 Å². The fourth-order valence-electron chi connectivity index (χ4n) is 8.97. The molecule has 0 saturated carbocycles. The van der Waals surface area contributed by atoms with Gasteiger partial charge in [0.05, 0.1) is 32.0 Å². The van der Waals surface area contributed by atoms with Crippen LogP contribution in [0.3, 0.4) is 0 Å². The number of carbonyl (C=O) groups is 1. The molecule has 12 unspecified atom stereocenters. The molecule has 0 aromatic heterocycles. The second kappa shape index (κ2) is 43.0. The first-order valence-corrected chi connectivity index (χ1v) is 28.0. The minimum atomic E-state index is -1.78. The van der Waals surface area contributed by atoms with E-state index in [1.807, 2.05) is 0 Å². The Morgan fingerprint density at radius 1 is 0.521 bits per heavy atom. The van der Waals surface area contributed by atoms with Gasteiger partial charge in [0.2, 0.25) is 5.91 Å². The molecule has 0 aliphatic carbocycles. The SMILES string of the molecule is CC/C=C\C/C=C\C/C=C\C/C=C\C/C=C\CCCCCCCCCCCCCCCC(=O)NC(COC1OC(CO)C(OC2OC(CO)C(O)C(O)C2O)C(O)C1O)C(O)CCCCCCCCCC. The van der Waals surface area contributed by atoms with Crippen LogP contribution in [0.15, 0.2) is 60.8 Å². The van der Waals surface area contributed by atoms with E-state index < -0.39 is 86.8 Å². The van der Waals surface area contributed by atoms with E-state index >= 15 is 0 Å². The zero-order valence-corrected chi connectivity index (χ0v) is 43.9. The maximum absolute atomic E-state index is 13.2. The van der Waals surface area contributed by atoms with Gasteiger partial charge in [0.25, 0.3) is 0 Å². The molecule has 71 heavy (non-hydrogen) atoms. The summed E-state index contributed by atoms with van der Waals surface area (Å²) in [6, 6.07) is -0.828. The van der Waals surface area contributed by atoms with Crippen molar-refractivity contribution in [3.8, 4) is 0 Å². The fourth-order valence-corrected chi connectivity index (χ4v) is 8.97. The smallest absolute Gasteiger partial charge is 0.220 e. The van der Waals surface area contributed by atoms with Crippen LogP contribution < -0.4 is 5.32 Å². The summed E-state index contributed by atoms with van der Waals surface area (Å²) in [4.78, 5) is 13.2. The lowest BCUT2D eigenvalue weighted by atomic mass is 9.97. The van der Waals surface area contributed by atoms with Crippen molar-refractivity contribution in [2.75, 3.05) is 19.8 Å². The van der Waals surface area contributed by atoms with Gasteiger partial charge in [0.15, 0.2) is 12.6 Å². The molecule has 0 spiro atoms. The van der Waals surface area contributed by atoms with E-state index in [4.69, 9.17) is 18.9 Å². The fraction of sp³-hybridized carbons (Fsp3) is 0.807. The summed E-state index contributed by atoms with van der Waals surface area (Å²) in [5.74, 6) is -0.214. The van der Waals surface area contributed by atoms with Crippen molar-refractivity contribution in [1.29, 1.82) is 0 Å². The lowest BCUT2D eigenvalue weighted by Crippen LogP contribution is -2.65. The number of amides is 1. The molecule has 0 bridgehead atoms. The zero-order valence-electron chi connectivity index (χ0n) is 43.9. The lowest BCUT2D eigenvalue weighted by molar-refractivity contribution is -0.359. The van der Waals surface area contributed by atoms with Gasteiger partial charge in [0.1, 0.15) is 48.8 Å². The van der Waals surface area contributed by atoms with E-state index in [9.17, 15) is 45.6 Å². The van der Waals surface area contributed by atoms with Gasteiger partial charge < -0.3 is 65.1 Å². The largest absolute Gasteiger partial charge is 0.394 e. The molecule has 1 amide bonds. The highest BCUT2D eigenvalue weighted by Crippen LogP contribution is 2.30. The Labute approximate surface area is 428 Å². The second-order valence-corrected chi connectivity index (χ2v) is 19.7. The van der Waals surface area contributed by atoms with Gasteiger partial charge in [-0.3, -0.25) is 4.79 Å². The van der Waals surface area contributed by atoms with Gasteiger partial charge in [-0.05, 0) is 57.8 Å². The van der Waals surface area contributed by atoms with E-state index in [0.29, 0.717) is 12.8 Å². The number of aliphatic hydroxyl groups excluding tert-OH is 8. The van der Waals surface area contributed by atoms with Gasteiger partial charge in [-0.25, -0.2) is 0 Å². The molecule has 2 aliphatic heterocycles. The number of aliphatic hydroxyl groups is 8. The van der Waals surface area contributed by atoms with E-state index in [1.54, 1.807) is 0 Å². The number of unbranched alkanes of at least 4 members (excludes halogenated alkanes) is 20. The van der Waals surface area contributed by atoms with E-state index in [-0.39, 0.29) is 12.5 Å². The molecule has 0 aromatic rings. The number of ether oxygens (including phenoxy) is 4. The Bertz CT molecular complexity index is 1420. The summed E-state index contributed by atoms with van der Waals surface area (Å²) in [6.45, 7) is 2.69. The highest BCUT2D eigenvalue weighted by molar-refractivity contribution is 5.76. The summed E-state index contributed by atoms with van der Waals surface area (Å²) in [7, 11) is 0. The van der Waals surface area contributed by atoms with E-state index in [0.717, 1.165) is 83.5 Å². The third-order valence-corrected chi connectivity index (χ3v) is 13.5. The Hall–Kier alpha value is -2.31. The van der Waals surface area contributed by atoms with Crippen LogP contribution in [-0.2, 0) is 23.7 Å². The van der Waals surface area contributed by atoms with Gasteiger partial charge in [0, 0.05) is 6.42 Å². The Kier molecular flexibility index (Phi) is 39.2. The average Bonchev–Trinajstić information content (AvgIpc) is 3.37. The van der Waals surface area contributed by atoms with Crippen molar-refractivity contribution in [3.05, 3.63) is 60.8 Å². The Morgan fingerprint density at radius 3 is 1.49 bits per heavy atom. The molecule has 12 atom stereocenters. The first kappa shape index (κ1) is 64.8. The molecule has 2 fully saturated rings. The van der Waals surface area contributed by atoms with Crippen LogP contribution in [0.4, 0.5) is 0 Å². The van der Waals surface area contributed by atoms with Crippen LogP contribution >= 0.6 is 0 Å². The van der Waals surface area contributed by atoms with E-state index in [1.165, 1.54) is 89.9 Å². The number of hydrogen-bond acceptors (Lipinski definition) is 13. The number of nitrogens with one attached hydrogen (secondary N) is 1. The lowest BCUT2D eigenvalue weighted by Gasteiger charge is -2.46. The van der Waals surface area contributed by atoms with Gasteiger partial charge in [-0.2, -0.15) is 0 Å². The van der Waals surface area contributed by atoms with Crippen LogP contribution in [0.1, 0.15) is 200 Å². The van der Waals surface area contributed by atoms with Crippen molar-refractivity contribution in [3.63, 3.8) is 0 Å². The molecule has 14 heteroatoms. The van der Waals surface area contributed by atoms with Crippen molar-refractivity contribution >= 4 is 5.91 Å². The predicted octanol–water partition coefficient (Wildman–Crippen LogP) is 8.61. The van der Waals surface area contributed by atoms with Crippen LogP contribution in [0.5, 0.6) is 0 Å². The molecule has 2 heterocycles. The summed E-state index contributed by atoms with van der Waals surface area (Å²) in [5, 5.41) is 86.8. The van der Waals surface area contributed by atoms with Gasteiger partial charge in [-0.1, -0.05) is 197 Å². The number of carbonyl (C=O) groups excluding carboxylic acids is 1. The predicted molar refractivity (Wildman–Crippen MR) is 281 cm³/mol. The minimum Gasteiger partial charge on any atom is -0.394 e. The maximum Gasteiger partial charge on any atom is 0.220 e. The van der Waals surface area contributed by atoms with Gasteiger partial charge in [-0.15, -0.1) is 0 Å². The van der Waals surface area contributed by atoms with Crippen LogP contribution in [0.2, 0.25) is 0 Å². The standard InChI is InChI=1S/C57H101NO13/c1-3-5-7-9-11-13-14-15-16-17-18-19-20-21-22-23-24-25-26-27-28-29-30-31-32-33-35-37-39-41-49(62)58-45(46(61)40-38-36-34-12-10-8-6-4-2)44-68-56-54(67)52(65)55(48(43-60)70-56)71-57-53(66)51(64)50(63)47(42-59)69-57/h5,7,11,13,15-16,18-19,21-22,45-48,50-57,59-61,63-67H,3-4,6,8-10,12,14,17,20,23-44H2,1-2H3,(H,58,62)/b7-5-,13-11-,16-15-,19-18-,22-21-. The van der Waals surface area contributed by atoms with Gasteiger partial charge >= 0.3 is 0 Å². The monoisotopic (exact) mass is 1010 g/mol. The Balaban J connectivity index is 1.65. The van der Waals surface area contributed by atoms with Crippen LogP contribution in [0, 0.1) is 0 Å². The first-order valence-electron chi connectivity index (χ1n) is 28.0. The highest BCUT2D eigenvalue weighted by atomic mass is 16.7. The summed E-state index contributed by atoms with van der Waals surface area (Å²) in [5.41, 5.74) is 0. The number of hydrogen-bond donors (Lipinski definition) is 9. The van der Waals surface area contributed by atoms with Crippen LogP contribution in [0.25, 0.3) is 0 Å². The summed E-state index contributed by atoms with van der Waals surface area (Å²) < 4.78 is 22.7. The molecule has 412 valence electrons. The third-order valence-electron chi connectivity index (χ3n) is 13.5. The molecule has 9 N–H and O–H groups in total. The summed E-state index contributed by atoms with van der Waals surface area (Å²) in [6.07, 6.45) is 36.8. The molecular formula is C57H101NO13. The number of rotatable bonds is 43. The summed E-state index contributed by atoms with van der Waals surface area (Å²) >= 11 is 0. The molecule has 14 nitrogen and oxygen atoms in total. The molecule has 2 saturated heterocycles. The average molecular weight is 1010 g/mol. The molecule has 2 aliphatic rings. The van der Waals surface area contributed by atoms with Crippen molar-refractivity contribution in [1.82, 2.24) is 5.32 Å². The van der Waals surface area contributed by atoms with Crippen molar-refractivity contribution in [2.45, 2.75) is 274 Å². The minimum absolute atomic E-state index is 0.214. The quantitative estimate of drug-likeness (QED) is 0.0206. The first-order chi connectivity index (χ1) is 34.6. The number of allylic oxidation sites excluding steroid dienone is 10. The topological polar surface area (TPSA) is 228 Å². The second-order valence-electron chi connectivity index (χ2n) is 19.7.